The summed E-state index contributed by atoms with van der Waals surface area (Å²) in [6.45, 7) is 4.78. The highest BCUT2D eigenvalue weighted by Crippen LogP contribution is 2.35. The molecule has 20 heavy (non-hydrogen) atoms. The second kappa shape index (κ2) is 5.94. The number of rotatable bonds is 4. The molecule has 2 aliphatic rings. The molecule has 1 aromatic rings. The van der Waals surface area contributed by atoms with Crippen molar-refractivity contribution in [3.05, 3.63) is 35.4 Å². The molecule has 1 N–H and O–H groups in total. The zero-order valence-electron chi connectivity index (χ0n) is 11.8. The molecule has 4 nitrogen and oxygen atoms in total. The molecule has 0 aromatic heterocycles. The van der Waals surface area contributed by atoms with Crippen LogP contribution in [0, 0.1) is 0 Å². The third kappa shape index (κ3) is 2.86. The highest BCUT2D eigenvalue weighted by atomic mass is 16.4. The lowest BCUT2D eigenvalue weighted by atomic mass is 10.1. The molecule has 1 aliphatic carbocycles. The normalized spacial score (nSPS) is 23.7. The Morgan fingerprint density at radius 3 is 2.70 bits per heavy atom. The molecule has 0 radical (unpaired) electrons. The van der Waals surface area contributed by atoms with Crippen molar-refractivity contribution < 1.29 is 9.90 Å². The molecule has 1 unspecified atom stereocenters. The van der Waals surface area contributed by atoms with Gasteiger partial charge in [-0.3, -0.25) is 9.69 Å². The van der Waals surface area contributed by atoms with Crippen LogP contribution in [-0.2, 0) is 11.2 Å². The van der Waals surface area contributed by atoms with E-state index in [1.165, 1.54) is 24.0 Å². The Kier molecular flexibility index (Phi) is 4.03. The third-order valence-electron chi connectivity index (χ3n) is 4.59. The standard InChI is InChI=1S/C16H22N2O2/c19-16(20)7-8-17-9-11-18(12-10-17)15-6-5-13-3-1-2-4-14(13)15/h1-4,15H,5-12H2,(H,19,20). The molecule has 1 heterocycles. The number of piperazine rings is 1. The summed E-state index contributed by atoms with van der Waals surface area (Å²) in [6.07, 6.45) is 2.68. The van der Waals surface area contributed by atoms with E-state index in [1.54, 1.807) is 0 Å². The summed E-state index contributed by atoms with van der Waals surface area (Å²) >= 11 is 0. The molecule has 3 rings (SSSR count). The fraction of sp³-hybridized carbons (Fsp3) is 0.562. The van der Waals surface area contributed by atoms with Crippen LogP contribution >= 0.6 is 0 Å². The van der Waals surface area contributed by atoms with E-state index in [2.05, 4.69) is 34.1 Å². The van der Waals surface area contributed by atoms with Gasteiger partial charge < -0.3 is 10.0 Å². The van der Waals surface area contributed by atoms with E-state index < -0.39 is 5.97 Å². The van der Waals surface area contributed by atoms with Gasteiger partial charge in [0, 0.05) is 38.8 Å². The van der Waals surface area contributed by atoms with Gasteiger partial charge in [-0.15, -0.1) is 0 Å². The molecule has 4 heteroatoms. The minimum atomic E-state index is -0.697. The third-order valence-corrected chi connectivity index (χ3v) is 4.59. The minimum absolute atomic E-state index is 0.256. The van der Waals surface area contributed by atoms with Crippen LogP contribution < -0.4 is 0 Å². The van der Waals surface area contributed by atoms with Crippen molar-refractivity contribution in [1.29, 1.82) is 0 Å². The van der Waals surface area contributed by atoms with Crippen LogP contribution in [0.1, 0.15) is 30.0 Å². The quantitative estimate of drug-likeness (QED) is 0.908. The zero-order valence-corrected chi connectivity index (χ0v) is 11.8. The molecule has 108 valence electrons. The summed E-state index contributed by atoms with van der Waals surface area (Å²) < 4.78 is 0. The number of hydrogen-bond acceptors (Lipinski definition) is 3. The Balaban J connectivity index is 1.56. The maximum absolute atomic E-state index is 10.6. The van der Waals surface area contributed by atoms with Crippen LogP contribution in [0.4, 0.5) is 0 Å². The van der Waals surface area contributed by atoms with Crippen LogP contribution in [0.2, 0.25) is 0 Å². The number of carbonyl (C=O) groups is 1. The van der Waals surface area contributed by atoms with E-state index in [0.717, 1.165) is 26.2 Å². The highest BCUT2D eigenvalue weighted by Gasteiger charge is 2.29. The molecule has 0 saturated carbocycles. The highest BCUT2D eigenvalue weighted by molar-refractivity contribution is 5.66. The van der Waals surface area contributed by atoms with Gasteiger partial charge in [-0.05, 0) is 24.0 Å². The average molecular weight is 274 g/mol. The lowest BCUT2D eigenvalue weighted by molar-refractivity contribution is -0.137. The van der Waals surface area contributed by atoms with E-state index in [-0.39, 0.29) is 6.42 Å². The maximum atomic E-state index is 10.6. The molecule has 1 saturated heterocycles. The lowest BCUT2D eigenvalue weighted by Gasteiger charge is -2.38. The summed E-state index contributed by atoms with van der Waals surface area (Å²) in [5.74, 6) is -0.697. The van der Waals surface area contributed by atoms with E-state index in [4.69, 9.17) is 5.11 Å². The SMILES string of the molecule is O=C(O)CCN1CCN(C2CCc3ccccc32)CC1. The molecule has 1 atom stereocenters. The molecule has 0 bridgehead atoms. The molecule has 1 fully saturated rings. The molecule has 0 amide bonds. The Hall–Kier alpha value is -1.39. The fourth-order valence-corrected chi connectivity index (χ4v) is 3.47. The van der Waals surface area contributed by atoms with Gasteiger partial charge in [0.1, 0.15) is 0 Å². The first-order valence-corrected chi connectivity index (χ1v) is 7.50. The van der Waals surface area contributed by atoms with Crippen molar-refractivity contribution >= 4 is 5.97 Å². The lowest BCUT2D eigenvalue weighted by Crippen LogP contribution is -2.47. The number of aliphatic carboxylic acids is 1. The van der Waals surface area contributed by atoms with Crippen molar-refractivity contribution in [3.63, 3.8) is 0 Å². The van der Waals surface area contributed by atoms with Crippen LogP contribution in [0.15, 0.2) is 24.3 Å². The summed E-state index contributed by atoms with van der Waals surface area (Å²) in [6, 6.07) is 9.36. The Morgan fingerprint density at radius 1 is 1.20 bits per heavy atom. The van der Waals surface area contributed by atoms with Crippen LogP contribution in [0.5, 0.6) is 0 Å². The van der Waals surface area contributed by atoms with Crippen molar-refractivity contribution in [3.8, 4) is 0 Å². The van der Waals surface area contributed by atoms with Crippen LogP contribution in [-0.4, -0.2) is 53.6 Å². The summed E-state index contributed by atoms with van der Waals surface area (Å²) in [5.41, 5.74) is 3.01. The minimum Gasteiger partial charge on any atom is -0.481 e. The zero-order chi connectivity index (χ0) is 13.9. The largest absolute Gasteiger partial charge is 0.481 e. The number of aryl methyl sites for hydroxylation is 1. The van der Waals surface area contributed by atoms with Crippen molar-refractivity contribution in [2.45, 2.75) is 25.3 Å². The number of benzene rings is 1. The van der Waals surface area contributed by atoms with Crippen molar-refractivity contribution in [2.75, 3.05) is 32.7 Å². The summed E-state index contributed by atoms with van der Waals surface area (Å²) in [4.78, 5) is 15.5. The van der Waals surface area contributed by atoms with Gasteiger partial charge in [0.2, 0.25) is 0 Å². The maximum Gasteiger partial charge on any atom is 0.304 e. The fourth-order valence-electron chi connectivity index (χ4n) is 3.47. The number of hydrogen-bond donors (Lipinski definition) is 1. The number of carboxylic acids is 1. The van der Waals surface area contributed by atoms with Crippen LogP contribution in [0.25, 0.3) is 0 Å². The first-order chi connectivity index (χ1) is 9.74. The van der Waals surface area contributed by atoms with Gasteiger partial charge in [0.25, 0.3) is 0 Å². The first kappa shape index (κ1) is 13.6. The Morgan fingerprint density at radius 2 is 1.95 bits per heavy atom. The van der Waals surface area contributed by atoms with Gasteiger partial charge in [-0.1, -0.05) is 24.3 Å². The average Bonchev–Trinajstić information content (AvgIpc) is 2.89. The monoisotopic (exact) mass is 274 g/mol. The van der Waals surface area contributed by atoms with Gasteiger partial charge >= 0.3 is 5.97 Å². The number of fused-ring (bicyclic) bond motifs is 1. The molecule has 0 spiro atoms. The Bertz CT molecular complexity index is 481. The predicted molar refractivity (Wildman–Crippen MR) is 77.8 cm³/mol. The van der Waals surface area contributed by atoms with E-state index >= 15 is 0 Å². The van der Waals surface area contributed by atoms with Crippen LogP contribution in [0.3, 0.4) is 0 Å². The number of nitrogens with zero attached hydrogens (tertiary/aromatic N) is 2. The van der Waals surface area contributed by atoms with Gasteiger partial charge in [0.15, 0.2) is 0 Å². The smallest absolute Gasteiger partial charge is 0.304 e. The summed E-state index contributed by atoms with van der Waals surface area (Å²) in [7, 11) is 0. The molecule has 1 aliphatic heterocycles. The van der Waals surface area contributed by atoms with E-state index in [9.17, 15) is 4.79 Å². The van der Waals surface area contributed by atoms with Crippen molar-refractivity contribution in [2.24, 2.45) is 0 Å². The van der Waals surface area contributed by atoms with E-state index in [1.807, 2.05) is 0 Å². The van der Waals surface area contributed by atoms with Gasteiger partial charge in [-0.25, -0.2) is 0 Å². The second-order valence-electron chi connectivity index (χ2n) is 5.77. The van der Waals surface area contributed by atoms with Gasteiger partial charge in [-0.2, -0.15) is 0 Å². The van der Waals surface area contributed by atoms with Crippen molar-refractivity contribution in [1.82, 2.24) is 9.80 Å². The topological polar surface area (TPSA) is 43.8 Å². The summed E-state index contributed by atoms with van der Waals surface area (Å²) in [5, 5.41) is 8.74. The molecular formula is C16H22N2O2. The molecular weight excluding hydrogens is 252 g/mol. The second-order valence-corrected chi connectivity index (χ2v) is 5.77. The Labute approximate surface area is 120 Å². The first-order valence-electron chi connectivity index (χ1n) is 7.50. The predicted octanol–water partition coefficient (Wildman–Crippen LogP) is 1.77. The number of carboxylic acid groups (broad SMARTS) is 1. The van der Waals surface area contributed by atoms with E-state index in [0.29, 0.717) is 12.6 Å². The molecule has 1 aromatic carbocycles. The van der Waals surface area contributed by atoms with Gasteiger partial charge in [0.05, 0.1) is 6.42 Å².